The molecule has 4 atom stereocenters. The van der Waals surface area contributed by atoms with E-state index in [0.717, 1.165) is 25.7 Å². The zero-order valence-corrected chi connectivity index (χ0v) is 17.2. The average Bonchev–Trinajstić information content (AvgIpc) is 2.90. The van der Waals surface area contributed by atoms with E-state index >= 15 is 0 Å². The maximum atomic E-state index is 12.4. The van der Waals surface area contributed by atoms with Crippen LogP contribution in [0.25, 0.3) is 0 Å². The number of aliphatic hydroxyl groups excluding tert-OH is 1. The normalized spacial score (nSPS) is 31.8. The maximum absolute atomic E-state index is 12.4. The van der Waals surface area contributed by atoms with Gasteiger partial charge in [0, 0.05) is 19.4 Å². The van der Waals surface area contributed by atoms with Gasteiger partial charge >= 0.3 is 6.09 Å². The smallest absolute Gasteiger partial charge is 0.407 e. The lowest BCUT2D eigenvalue weighted by atomic mass is 9.80. The van der Waals surface area contributed by atoms with E-state index in [-0.39, 0.29) is 17.9 Å². The quantitative estimate of drug-likeness (QED) is 0.772. The molecule has 1 heterocycles. The summed E-state index contributed by atoms with van der Waals surface area (Å²) in [5, 5.41) is 13.8. The molecule has 152 valence electrons. The minimum Gasteiger partial charge on any atom is -0.444 e. The molecule has 1 aliphatic carbocycles. The van der Waals surface area contributed by atoms with Crippen LogP contribution in [0.5, 0.6) is 0 Å². The average molecular weight is 372 g/mol. The molecule has 1 saturated carbocycles. The van der Waals surface area contributed by atoms with Crippen molar-refractivity contribution in [3.63, 3.8) is 0 Å². The van der Waals surface area contributed by atoms with Gasteiger partial charge in [0.25, 0.3) is 0 Å². The summed E-state index contributed by atoms with van der Waals surface area (Å²) in [5.74, 6) is -0.441. The zero-order chi connectivity index (χ0) is 19.5. The molecular formula is C20H37NO5. The van der Waals surface area contributed by atoms with Crippen LogP contribution in [0.1, 0.15) is 73.1 Å². The molecule has 1 unspecified atom stereocenters. The lowest BCUT2D eigenvalue weighted by molar-refractivity contribution is -0.242. The molecule has 0 bridgehead atoms. The highest BCUT2D eigenvalue weighted by molar-refractivity contribution is 5.68. The van der Waals surface area contributed by atoms with Crippen LogP contribution in [0.4, 0.5) is 4.79 Å². The van der Waals surface area contributed by atoms with Crippen LogP contribution in [0.15, 0.2) is 0 Å². The number of amides is 1. The van der Waals surface area contributed by atoms with Gasteiger partial charge in [-0.15, -0.1) is 0 Å². The molecule has 0 aromatic carbocycles. The molecule has 2 rings (SSSR count). The Labute approximate surface area is 158 Å². The highest BCUT2D eigenvalue weighted by atomic mass is 16.7. The van der Waals surface area contributed by atoms with Gasteiger partial charge < -0.3 is 24.6 Å². The van der Waals surface area contributed by atoms with E-state index in [9.17, 15) is 9.90 Å². The van der Waals surface area contributed by atoms with E-state index in [2.05, 4.69) is 5.32 Å². The van der Waals surface area contributed by atoms with Gasteiger partial charge in [-0.25, -0.2) is 4.79 Å². The SMILES string of the molecule is COC1(C(C)C)C[C@@H](O)[C@@H]([C@H](NC(=O)OC(C)(C)C)C2CCCCC2)O1. The van der Waals surface area contributed by atoms with Crippen molar-refractivity contribution in [3.8, 4) is 0 Å². The summed E-state index contributed by atoms with van der Waals surface area (Å²) in [6.07, 6.45) is 4.32. The molecule has 2 fully saturated rings. The van der Waals surface area contributed by atoms with Crippen molar-refractivity contribution in [2.24, 2.45) is 11.8 Å². The second kappa shape index (κ2) is 8.44. The van der Waals surface area contributed by atoms with Crippen LogP contribution < -0.4 is 5.32 Å². The summed E-state index contributed by atoms with van der Waals surface area (Å²) < 4.78 is 17.4. The number of rotatable bonds is 5. The van der Waals surface area contributed by atoms with Crippen LogP contribution in [-0.4, -0.2) is 47.9 Å². The fraction of sp³-hybridized carbons (Fsp3) is 0.950. The van der Waals surface area contributed by atoms with Crippen molar-refractivity contribution >= 4 is 6.09 Å². The standard InChI is InChI=1S/C20H37NO5/c1-13(2)20(24-6)12-15(22)17(25-20)16(14-10-8-7-9-11-14)21-18(23)26-19(3,4)5/h13-17,22H,7-12H2,1-6H3,(H,21,23)/t15-,16-,17+,20?/m1/s1. The van der Waals surface area contributed by atoms with Crippen molar-refractivity contribution in [1.82, 2.24) is 5.32 Å². The molecule has 2 N–H and O–H groups in total. The van der Waals surface area contributed by atoms with E-state index < -0.39 is 29.7 Å². The fourth-order valence-corrected chi connectivity index (χ4v) is 4.22. The van der Waals surface area contributed by atoms with Crippen LogP contribution in [-0.2, 0) is 14.2 Å². The van der Waals surface area contributed by atoms with E-state index in [1.54, 1.807) is 7.11 Å². The molecule has 6 heteroatoms. The lowest BCUT2D eigenvalue weighted by Crippen LogP contribution is -2.53. The van der Waals surface area contributed by atoms with E-state index in [4.69, 9.17) is 14.2 Å². The van der Waals surface area contributed by atoms with Crippen LogP contribution in [0.2, 0.25) is 0 Å². The number of nitrogens with one attached hydrogen (secondary N) is 1. The number of methoxy groups -OCH3 is 1. The van der Waals surface area contributed by atoms with E-state index in [1.807, 2.05) is 34.6 Å². The van der Waals surface area contributed by atoms with Crippen LogP contribution >= 0.6 is 0 Å². The molecule has 0 spiro atoms. The van der Waals surface area contributed by atoms with Gasteiger partial charge in [0.15, 0.2) is 5.79 Å². The predicted molar refractivity (Wildman–Crippen MR) is 99.8 cm³/mol. The fourth-order valence-electron chi connectivity index (χ4n) is 4.22. The minimum absolute atomic E-state index is 0.0979. The number of hydrogen-bond donors (Lipinski definition) is 2. The number of carbonyl (C=O) groups excluding carboxylic acids is 1. The van der Waals surface area contributed by atoms with Gasteiger partial charge in [-0.2, -0.15) is 0 Å². The second-order valence-electron chi connectivity index (χ2n) is 9.09. The number of carbonyl (C=O) groups is 1. The van der Waals surface area contributed by atoms with Gasteiger partial charge in [-0.05, 0) is 39.5 Å². The summed E-state index contributed by atoms with van der Waals surface area (Å²) in [6, 6.07) is -0.282. The van der Waals surface area contributed by atoms with Crippen LogP contribution in [0.3, 0.4) is 0 Å². The topological polar surface area (TPSA) is 77.0 Å². The number of ether oxygens (including phenoxy) is 3. The Hall–Kier alpha value is -0.850. The van der Waals surface area contributed by atoms with Crippen molar-refractivity contribution in [3.05, 3.63) is 0 Å². The van der Waals surface area contributed by atoms with E-state index in [0.29, 0.717) is 6.42 Å². The summed E-state index contributed by atoms with van der Waals surface area (Å²) in [5.41, 5.74) is -0.565. The van der Waals surface area contributed by atoms with Crippen LogP contribution in [0, 0.1) is 11.8 Å². The third-order valence-corrected chi connectivity index (χ3v) is 5.63. The zero-order valence-electron chi connectivity index (χ0n) is 17.2. The third kappa shape index (κ3) is 5.11. The Morgan fingerprint density at radius 2 is 1.85 bits per heavy atom. The number of hydrogen-bond acceptors (Lipinski definition) is 5. The van der Waals surface area contributed by atoms with E-state index in [1.165, 1.54) is 6.42 Å². The predicted octanol–water partition coefficient (Wildman–Crippen LogP) is 3.61. The molecule has 2 aliphatic rings. The van der Waals surface area contributed by atoms with Gasteiger partial charge in [0.05, 0.1) is 12.1 Å². The molecule has 0 radical (unpaired) electrons. The Kier molecular flexibility index (Phi) is 6.97. The third-order valence-electron chi connectivity index (χ3n) is 5.63. The minimum atomic E-state index is -0.813. The Bertz CT molecular complexity index is 469. The Balaban J connectivity index is 2.19. The Morgan fingerprint density at radius 3 is 2.31 bits per heavy atom. The Morgan fingerprint density at radius 1 is 1.23 bits per heavy atom. The number of alkyl carbamates (subject to hydrolysis) is 1. The summed E-state index contributed by atoms with van der Waals surface area (Å²) in [6.45, 7) is 9.58. The molecule has 6 nitrogen and oxygen atoms in total. The van der Waals surface area contributed by atoms with Gasteiger partial charge in [-0.1, -0.05) is 33.1 Å². The maximum Gasteiger partial charge on any atom is 0.407 e. The monoisotopic (exact) mass is 371 g/mol. The summed E-state index contributed by atoms with van der Waals surface area (Å²) in [7, 11) is 1.62. The molecule has 1 aliphatic heterocycles. The van der Waals surface area contributed by atoms with Crippen molar-refractivity contribution in [2.45, 2.75) is 103 Å². The first kappa shape index (κ1) is 21.5. The highest BCUT2D eigenvalue weighted by Crippen LogP contribution is 2.41. The molecule has 0 aromatic rings. The van der Waals surface area contributed by atoms with Crippen molar-refractivity contribution < 1.29 is 24.1 Å². The first-order valence-electron chi connectivity index (χ1n) is 9.98. The second-order valence-corrected chi connectivity index (χ2v) is 9.09. The van der Waals surface area contributed by atoms with Gasteiger partial charge in [0.1, 0.15) is 11.7 Å². The van der Waals surface area contributed by atoms with Gasteiger partial charge in [0.2, 0.25) is 0 Å². The molecule has 1 amide bonds. The number of aliphatic hydroxyl groups is 1. The lowest BCUT2D eigenvalue weighted by Gasteiger charge is -2.37. The summed E-state index contributed by atoms with van der Waals surface area (Å²) >= 11 is 0. The molecule has 0 aromatic heterocycles. The molecular weight excluding hydrogens is 334 g/mol. The largest absolute Gasteiger partial charge is 0.444 e. The first-order valence-corrected chi connectivity index (χ1v) is 9.98. The summed E-state index contributed by atoms with van der Waals surface area (Å²) in [4.78, 5) is 12.4. The van der Waals surface area contributed by atoms with Crippen molar-refractivity contribution in [2.75, 3.05) is 7.11 Å². The first-order chi connectivity index (χ1) is 12.1. The molecule has 26 heavy (non-hydrogen) atoms. The molecule has 1 saturated heterocycles. The van der Waals surface area contributed by atoms with Crippen molar-refractivity contribution in [1.29, 1.82) is 0 Å². The van der Waals surface area contributed by atoms with Gasteiger partial charge in [-0.3, -0.25) is 0 Å². The highest BCUT2D eigenvalue weighted by Gasteiger charge is 2.52.